The molecule has 0 radical (unpaired) electrons. The third kappa shape index (κ3) is 4.02. The molecule has 1 N–H and O–H groups in total. The number of ether oxygens (including phenoxy) is 1. The highest BCUT2D eigenvalue weighted by atomic mass is 32.2. The van der Waals surface area contributed by atoms with Gasteiger partial charge in [-0.3, -0.25) is 14.4 Å². The zero-order valence-corrected chi connectivity index (χ0v) is 18.2. The average molecular weight is 429 g/mol. The molecule has 1 amide bonds. The molecule has 0 aliphatic rings. The standard InChI is InChI=1S/C21H23N3O5S/c1-13-6-9-17(10-7-13)24(4)30(26,27)19-12-16(8-11-18(19)28-5)20-14(2)23-29-21(20)22-15(3)25/h6-12H,1-5H3,(H,22,25). The summed E-state index contributed by atoms with van der Waals surface area (Å²) in [5, 5.41) is 6.46. The van der Waals surface area contributed by atoms with Crippen LogP contribution in [0.3, 0.4) is 0 Å². The maximum absolute atomic E-state index is 13.4. The van der Waals surface area contributed by atoms with Gasteiger partial charge in [0.1, 0.15) is 10.6 Å². The first-order valence-electron chi connectivity index (χ1n) is 9.13. The van der Waals surface area contributed by atoms with Crippen molar-refractivity contribution in [1.29, 1.82) is 0 Å². The molecule has 0 bridgehead atoms. The predicted octanol–water partition coefficient (Wildman–Crippen LogP) is 3.75. The molecule has 30 heavy (non-hydrogen) atoms. The van der Waals surface area contributed by atoms with Crippen molar-refractivity contribution >= 4 is 27.5 Å². The SMILES string of the molecule is COc1ccc(-c2c(C)noc2NC(C)=O)cc1S(=O)(=O)N(C)c1ccc(C)cc1. The van der Waals surface area contributed by atoms with Crippen LogP contribution >= 0.6 is 0 Å². The van der Waals surface area contributed by atoms with E-state index >= 15 is 0 Å². The number of carbonyl (C=O) groups excluding carboxylic acids is 1. The number of anilines is 2. The molecule has 1 aromatic heterocycles. The van der Waals surface area contributed by atoms with Crippen molar-refractivity contribution in [3.05, 3.63) is 53.7 Å². The Balaban J connectivity index is 2.13. The van der Waals surface area contributed by atoms with Gasteiger partial charge < -0.3 is 9.26 Å². The van der Waals surface area contributed by atoms with Gasteiger partial charge in [0.25, 0.3) is 10.0 Å². The van der Waals surface area contributed by atoms with Crippen LogP contribution in [-0.2, 0) is 14.8 Å². The van der Waals surface area contributed by atoms with E-state index in [1.54, 1.807) is 31.2 Å². The summed E-state index contributed by atoms with van der Waals surface area (Å²) in [6.45, 7) is 4.99. The van der Waals surface area contributed by atoms with Crippen LogP contribution in [0.2, 0.25) is 0 Å². The Bertz CT molecular complexity index is 1180. The van der Waals surface area contributed by atoms with E-state index in [1.807, 2.05) is 19.1 Å². The molecule has 0 saturated carbocycles. The van der Waals surface area contributed by atoms with Gasteiger partial charge in [0, 0.05) is 14.0 Å². The highest BCUT2D eigenvalue weighted by molar-refractivity contribution is 7.93. The van der Waals surface area contributed by atoms with Crippen molar-refractivity contribution < 1.29 is 22.5 Å². The zero-order valence-electron chi connectivity index (χ0n) is 17.4. The first-order valence-corrected chi connectivity index (χ1v) is 10.6. The minimum absolute atomic E-state index is 0.0139. The van der Waals surface area contributed by atoms with Gasteiger partial charge in [-0.2, -0.15) is 0 Å². The normalized spacial score (nSPS) is 11.2. The maximum atomic E-state index is 13.4. The Morgan fingerprint density at radius 2 is 1.80 bits per heavy atom. The summed E-state index contributed by atoms with van der Waals surface area (Å²) < 4.78 is 38.5. The fraction of sp³-hybridized carbons (Fsp3) is 0.238. The van der Waals surface area contributed by atoms with Crippen LogP contribution < -0.4 is 14.4 Å². The molecule has 158 valence electrons. The first kappa shape index (κ1) is 21.4. The summed E-state index contributed by atoms with van der Waals surface area (Å²) in [6.07, 6.45) is 0. The summed E-state index contributed by atoms with van der Waals surface area (Å²) in [7, 11) is -1.04. The van der Waals surface area contributed by atoms with Crippen molar-refractivity contribution in [3.8, 4) is 16.9 Å². The van der Waals surface area contributed by atoms with Crippen LogP contribution in [0.4, 0.5) is 11.6 Å². The maximum Gasteiger partial charge on any atom is 0.267 e. The lowest BCUT2D eigenvalue weighted by atomic mass is 10.1. The molecule has 9 heteroatoms. The number of nitrogens with one attached hydrogen (secondary N) is 1. The molecule has 2 aromatic carbocycles. The lowest BCUT2D eigenvalue weighted by molar-refractivity contribution is -0.114. The highest BCUT2D eigenvalue weighted by Gasteiger charge is 2.27. The van der Waals surface area contributed by atoms with Crippen molar-refractivity contribution in [1.82, 2.24) is 5.16 Å². The monoisotopic (exact) mass is 429 g/mol. The van der Waals surface area contributed by atoms with Crippen LogP contribution in [-0.4, -0.2) is 33.6 Å². The van der Waals surface area contributed by atoms with E-state index in [1.165, 1.54) is 31.5 Å². The van der Waals surface area contributed by atoms with Crippen molar-refractivity contribution in [2.45, 2.75) is 25.7 Å². The van der Waals surface area contributed by atoms with Gasteiger partial charge in [0.05, 0.1) is 24.1 Å². The van der Waals surface area contributed by atoms with Crippen LogP contribution in [0.5, 0.6) is 5.75 Å². The molecule has 8 nitrogen and oxygen atoms in total. The Kier molecular flexibility index (Phi) is 5.84. The Morgan fingerprint density at radius 3 is 2.40 bits per heavy atom. The van der Waals surface area contributed by atoms with Crippen molar-refractivity contribution in [2.75, 3.05) is 23.8 Å². The van der Waals surface area contributed by atoms with E-state index in [2.05, 4.69) is 10.5 Å². The van der Waals surface area contributed by atoms with Gasteiger partial charge in [-0.25, -0.2) is 8.42 Å². The molecule has 0 fully saturated rings. The van der Waals surface area contributed by atoms with E-state index in [-0.39, 0.29) is 22.4 Å². The molecule has 1 heterocycles. The van der Waals surface area contributed by atoms with Crippen LogP contribution in [0.25, 0.3) is 11.1 Å². The number of benzene rings is 2. The topological polar surface area (TPSA) is 102 Å². The van der Waals surface area contributed by atoms with Crippen molar-refractivity contribution in [2.24, 2.45) is 0 Å². The summed E-state index contributed by atoms with van der Waals surface area (Å²) in [4.78, 5) is 11.5. The van der Waals surface area contributed by atoms with Gasteiger partial charge in [0.15, 0.2) is 0 Å². The zero-order chi connectivity index (χ0) is 22.1. The van der Waals surface area contributed by atoms with E-state index in [9.17, 15) is 13.2 Å². The second kappa shape index (κ2) is 8.19. The van der Waals surface area contributed by atoms with Crippen LogP contribution in [0, 0.1) is 13.8 Å². The predicted molar refractivity (Wildman–Crippen MR) is 114 cm³/mol. The molecule has 0 aliphatic carbocycles. The molecule has 0 atom stereocenters. The van der Waals surface area contributed by atoms with Gasteiger partial charge in [0.2, 0.25) is 11.8 Å². The molecular weight excluding hydrogens is 406 g/mol. The number of methoxy groups -OCH3 is 1. The lowest BCUT2D eigenvalue weighted by Crippen LogP contribution is -2.27. The Labute approximate surface area is 175 Å². The molecule has 3 rings (SSSR count). The number of carbonyl (C=O) groups is 1. The second-order valence-corrected chi connectivity index (χ2v) is 8.76. The van der Waals surface area contributed by atoms with Crippen molar-refractivity contribution in [3.63, 3.8) is 0 Å². The van der Waals surface area contributed by atoms with E-state index in [0.717, 1.165) is 5.56 Å². The van der Waals surface area contributed by atoms with Gasteiger partial charge in [-0.05, 0) is 43.7 Å². The Hall–Kier alpha value is -3.33. The number of nitrogens with zero attached hydrogens (tertiary/aromatic N) is 2. The summed E-state index contributed by atoms with van der Waals surface area (Å²) in [6, 6.07) is 11.9. The summed E-state index contributed by atoms with van der Waals surface area (Å²) in [5.74, 6) is 0.0289. The minimum Gasteiger partial charge on any atom is -0.495 e. The van der Waals surface area contributed by atoms with Crippen LogP contribution in [0.15, 0.2) is 51.9 Å². The smallest absolute Gasteiger partial charge is 0.267 e. The van der Waals surface area contributed by atoms with Gasteiger partial charge in [-0.15, -0.1) is 0 Å². The van der Waals surface area contributed by atoms with E-state index < -0.39 is 10.0 Å². The molecule has 0 spiro atoms. The molecule has 3 aromatic rings. The second-order valence-electron chi connectivity index (χ2n) is 6.83. The quantitative estimate of drug-likeness (QED) is 0.640. The van der Waals surface area contributed by atoms with Gasteiger partial charge >= 0.3 is 0 Å². The third-order valence-corrected chi connectivity index (χ3v) is 6.45. The number of aromatic nitrogens is 1. The highest BCUT2D eigenvalue weighted by Crippen LogP contribution is 2.37. The first-order chi connectivity index (χ1) is 14.1. The largest absolute Gasteiger partial charge is 0.495 e. The molecular formula is C21H23N3O5S. The summed E-state index contributed by atoms with van der Waals surface area (Å²) >= 11 is 0. The minimum atomic E-state index is -3.94. The fourth-order valence-corrected chi connectivity index (χ4v) is 4.41. The van der Waals surface area contributed by atoms with E-state index in [4.69, 9.17) is 9.26 Å². The molecule has 0 saturated heterocycles. The average Bonchev–Trinajstić information content (AvgIpc) is 3.06. The van der Waals surface area contributed by atoms with E-state index in [0.29, 0.717) is 22.5 Å². The molecule has 0 unspecified atom stereocenters. The Morgan fingerprint density at radius 1 is 1.13 bits per heavy atom. The number of sulfonamides is 1. The summed E-state index contributed by atoms with van der Waals surface area (Å²) in [5.41, 5.74) is 3.08. The van der Waals surface area contributed by atoms with Crippen LogP contribution in [0.1, 0.15) is 18.2 Å². The molecule has 0 aliphatic heterocycles. The number of aryl methyl sites for hydroxylation is 2. The third-order valence-electron chi connectivity index (χ3n) is 4.64. The lowest BCUT2D eigenvalue weighted by Gasteiger charge is -2.21. The number of rotatable bonds is 6. The number of amides is 1. The fourth-order valence-electron chi connectivity index (χ4n) is 3.03. The number of hydrogen-bond acceptors (Lipinski definition) is 6. The number of hydrogen-bond donors (Lipinski definition) is 1. The van der Waals surface area contributed by atoms with Gasteiger partial charge in [-0.1, -0.05) is 28.9 Å².